The van der Waals surface area contributed by atoms with Gasteiger partial charge in [0, 0.05) is 18.1 Å². The van der Waals surface area contributed by atoms with Crippen molar-refractivity contribution in [1.82, 2.24) is 9.62 Å². The highest BCUT2D eigenvalue weighted by molar-refractivity contribution is 9.10. The molecule has 0 fully saturated rings. The number of sulfonamides is 1. The molecule has 0 aliphatic heterocycles. The molecule has 0 bridgehead atoms. The van der Waals surface area contributed by atoms with Crippen molar-refractivity contribution in [3.8, 4) is 5.75 Å². The highest BCUT2D eigenvalue weighted by atomic mass is 79.9. The minimum atomic E-state index is -3.80. The second-order valence-corrected chi connectivity index (χ2v) is 6.94. The third-order valence-corrected chi connectivity index (χ3v) is 4.87. The van der Waals surface area contributed by atoms with Crippen LogP contribution in [0.15, 0.2) is 27.6 Å². The number of carbonyl (C=O) groups is 1. The Morgan fingerprint density at radius 3 is 2.65 bits per heavy atom. The van der Waals surface area contributed by atoms with E-state index in [4.69, 9.17) is 4.74 Å². The second kappa shape index (κ2) is 7.05. The van der Waals surface area contributed by atoms with Gasteiger partial charge in [0.1, 0.15) is 10.6 Å². The molecule has 0 radical (unpaired) electrons. The number of rotatable bonds is 6. The van der Waals surface area contributed by atoms with Crippen molar-refractivity contribution in [3.63, 3.8) is 0 Å². The largest absolute Gasteiger partial charge is 0.495 e. The van der Waals surface area contributed by atoms with Crippen LogP contribution < -0.4 is 10.1 Å². The van der Waals surface area contributed by atoms with Crippen LogP contribution in [0.3, 0.4) is 0 Å². The van der Waals surface area contributed by atoms with E-state index in [0.717, 1.165) is 4.31 Å². The number of nitrogens with zero attached hydrogens (tertiary/aromatic N) is 1. The number of nitrogens with one attached hydrogen (secondary N) is 1. The molecule has 8 heteroatoms. The van der Waals surface area contributed by atoms with Crippen LogP contribution in [-0.4, -0.2) is 45.9 Å². The molecule has 20 heavy (non-hydrogen) atoms. The maximum Gasteiger partial charge on any atom is 0.247 e. The van der Waals surface area contributed by atoms with Crippen LogP contribution in [0, 0.1) is 0 Å². The Morgan fingerprint density at radius 1 is 1.45 bits per heavy atom. The summed E-state index contributed by atoms with van der Waals surface area (Å²) < 4.78 is 31.6. The molecule has 1 amide bonds. The first-order valence-corrected chi connectivity index (χ1v) is 8.12. The number of amides is 1. The van der Waals surface area contributed by atoms with Crippen molar-refractivity contribution in [1.29, 1.82) is 0 Å². The average Bonchev–Trinajstić information content (AvgIpc) is 2.38. The van der Waals surface area contributed by atoms with Gasteiger partial charge in [-0.2, -0.15) is 4.31 Å². The quantitative estimate of drug-likeness (QED) is 0.823. The van der Waals surface area contributed by atoms with Gasteiger partial charge in [-0.15, -0.1) is 0 Å². The van der Waals surface area contributed by atoms with E-state index in [9.17, 15) is 13.2 Å². The van der Waals surface area contributed by atoms with E-state index >= 15 is 0 Å². The number of likely N-dealkylation sites (N-methyl/N-ethyl adjacent to an activating group) is 2. The molecule has 0 unspecified atom stereocenters. The lowest BCUT2D eigenvalue weighted by Gasteiger charge is -2.18. The first-order chi connectivity index (χ1) is 9.32. The van der Waals surface area contributed by atoms with Crippen LogP contribution in [-0.2, 0) is 14.8 Å². The minimum Gasteiger partial charge on any atom is -0.495 e. The van der Waals surface area contributed by atoms with Gasteiger partial charge in [0.2, 0.25) is 15.9 Å². The Kier molecular flexibility index (Phi) is 5.97. The molecule has 112 valence electrons. The molecule has 0 aliphatic rings. The number of ether oxygens (including phenoxy) is 1. The fraction of sp³-hybridized carbons (Fsp3) is 0.417. The zero-order valence-corrected chi connectivity index (χ0v) is 13.9. The SMILES string of the molecule is CCNC(=O)CN(C)S(=O)(=O)c1cc(Br)ccc1OC. The number of hydrogen-bond acceptors (Lipinski definition) is 4. The second-order valence-electron chi connectivity index (χ2n) is 4.01. The minimum absolute atomic E-state index is 0.0150. The summed E-state index contributed by atoms with van der Waals surface area (Å²) in [6, 6.07) is 4.68. The monoisotopic (exact) mass is 364 g/mol. The Balaban J connectivity index is 3.10. The van der Waals surface area contributed by atoms with Gasteiger partial charge < -0.3 is 10.1 Å². The topological polar surface area (TPSA) is 75.7 Å². The van der Waals surface area contributed by atoms with Gasteiger partial charge in [0.25, 0.3) is 0 Å². The summed E-state index contributed by atoms with van der Waals surface area (Å²) in [5.41, 5.74) is 0. The summed E-state index contributed by atoms with van der Waals surface area (Å²) in [6.45, 7) is 1.97. The van der Waals surface area contributed by atoms with E-state index in [1.54, 1.807) is 19.1 Å². The molecular weight excluding hydrogens is 348 g/mol. The standard InChI is InChI=1S/C12H17BrN2O4S/c1-4-14-12(16)8-15(2)20(17,18)11-7-9(13)5-6-10(11)19-3/h5-7H,4,8H2,1-3H3,(H,14,16). The Hall–Kier alpha value is -1.12. The number of methoxy groups -OCH3 is 1. The Morgan fingerprint density at radius 2 is 2.10 bits per heavy atom. The molecule has 0 aromatic heterocycles. The number of carbonyl (C=O) groups excluding carboxylic acids is 1. The fourth-order valence-electron chi connectivity index (χ4n) is 1.56. The molecule has 1 N–H and O–H groups in total. The van der Waals surface area contributed by atoms with Crippen molar-refractivity contribution in [2.24, 2.45) is 0 Å². The Bertz CT molecular complexity index is 589. The van der Waals surface area contributed by atoms with Crippen LogP contribution in [0.25, 0.3) is 0 Å². The Labute approximate surface area is 127 Å². The number of benzene rings is 1. The van der Waals surface area contributed by atoms with E-state index in [-0.39, 0.29) is 23.1 Å². The van der Waals surface area contributed by atoms with Gasteiger partial charge in [-0.25, -0.2) is 8.42 Å². The molecule has 1 aromatic carbocycles. The first-order valence-electron chi connectivity index (χ1n) is 5.89. The van der Waals surface area contributed by atoms with Crippen molar-refractivity contribution in [2.75, 3.05) is 27.2 Å². The molecule has 0 aliphatic carbocycles. The van der Waals surface area contributed by atoms with Gasteiger partial charge in [-0.3, -0.25) is 4.79 Å². The van der Waals surface area contributed by atoms with Gasteiger partial charge in [-0.05, 0) is 25.1 Å². The predicted molar refractivity (Wildman–Crippen MR) is 79.2 cm³/mol. The highest BCUT2D eigenvalue weighted by Gasteiger charge is 2.26. The molecule has 0 saturated heterocycles. The summed E-state index contributed by atoms with van der Waals surface area (Å²) >= 11 is 3.23. The summed E-state index contributed by atoms with van der Waals surface area (Å²) in [5, 5.41) is 2.55. The van der Waals surface area contributed by atoms with E-state index in [0.29, 0.717) is 11.0 Å². The fourth-order valence-corrected chi connectivity index (χ4v) is 3.38. The lowest BCUT2D eigenvalue weighted by Crippen LogP contribution is -2.38. The smallest absolute Gasteiger partial charge is 0.247 e. The van der Waals surface area contributed by atoms with Crippen LogP contribution in [0.4, 0.5) is 0 Å². The maximum atomic E-state index is 12.4. The lowest BCUT2D eigenvalue weighted by molar-refractivity contribution is -0.121. The van der Waals surface area contributed by atoms with Gasteiger partial charge in [0.15, 0.2) is 0 Å². The zero-order valence-electron chi connectivity index (χ0n) is 11.5. The van der Waals surface area contributed by atoms with Crippen LogP contribution in [0.5, 0.6) is 5.75 Å². The predicted octanol–water partition coefficient (Wildman–Crippen LogP) is 1.21. The summed E-state index contributed by atoms with van der Waals surface area (Å²) in [7, 11) is -1.05. The van der Waals surface area contributed by atoms with Crippen LogP contribution in [0.1, 0.15) is 6.92 Å². The van der Waals surface area contributed by atoms with Crippen molar-refractivity contribution >= 4 is 31.9 Å². The molecule has 0 spiro atoms. The van der Waals surface area contributed by atoms with Crippen molar-refractivity contribution < 1.29 is 17.9 Å². The van der Waals surface area contributed by atoms with Crippen LogP contribution >= 0.6 is 15.9 Å². The summed E-state index contributed by atoms with van der Waals surface area (Å²) in [4.78, 5) is 11.5. The summed E-state index contributed by atoms with van der Waals surface area (Å²) in [6.07, 6.45) is 0. The van der Waals surface area contributed by atoms with Gasteiger partial charge in [-0.1, -0.05) is 15.9 Å². The van der Waals surface area contributed by atoms with Gasteiger partial charge in [0.05, 0.1) is 13.7 Å². The maximum absolute atomic E-state index is 12.4. The molecule has 1 rings (SSSR count). The average molecular weight is 365 g/mol. The molecular formula is C12H17BrN2O4S. The third-order valence-electron chi connectivity index (χ3n) is 2.55. The van der Waals surface area contributed by atoms with Crippen LogP contribution in [0.2, 0.25) is 0 Å². The molecule has 6 nitrogen and oxygen atoms in total. The summed E-state index contributed by atoms with van der Waals surface area (Å²) in [5.74, 6) is -0.122. The van der Waals surface area contributed by atoms with E-state index in [2.05, 4.69) is 21.2 Å². The lowest BCUT2D eigenvalue weighted by atomic mass is 10.3. The highest BCUT2D eigenvalue weighted by Crippen LogP contribution is 2.29. The normalized spacial score (nSPS) is 11.4. The molecule has 0 atom stereocenters. The first kappa shape index (κ1) is 16.9. The van der Waals surface area contributed by atoms with Crippen molar-refractivity contribution in [3.05, 3.63) is 22.7 Å². The van der Waals surface area contributed by atoms with E-state index < -0.39 is 10.0 Å². The van der Waals surface area contributed by atoms with Gasteiger partial charge >= 0.3 is 0 Å². The third kappa shape index (κ3) is 3.94. The molecule has 0 heterocycles. The molecule has 0 saturated carbocycles. The van der Waals surface area contributed by atoms with E-state index in [1.807, 2.05) is 0 Å². The molecule has 1 aromatic rings. The zero-order chi connectivity index (χ0) is 15.3. The van der Waals surface area contributed by atoms with E-state index in [1.165, 1.54) is 20.2 Å². The number of hydrogen-bond donors (Lipinski definition) is 1. The van der Waals surface area contributed by atoms with Crippen molar-refractivity contribution in [2.45, 2.75) is 11.8 Å². The number of halogens is 1.